The number of carboxylic acids is 1. The summed E-state index contributed by atoms with van der Waals surface area (Å²) in [6, 6.07) is 0. The van der Waals surface area contributed by atoms with Gasteiger partial charge >= 0.3 is 5.97 Å². The number of nitrogens with one attached hydrogen (secondary N) is 1. The van der Waals surface area contributed by atoms with E-state index in [0.717, 1.165) is 32.4 Å². The largest absolute Gasteiger partial charge is 0.481 e. The number of hydrogen-bond donors (Lipinski definition) is 2. The number of hydrogen-bond acceptors (Lipinski definition) is 2. The molecular formula is C10H18BNO2. The smallest absolute Gasteiger partial charge is 0.300 e. The van der Waals surface area contributed by atoms with Crippen molar-refractivity contribution in [3.05, 3.63) is 0 Å². The lowest BCUT2D eigenvalue weighted by Gasteiger charge is -2.31. The van der Waals surface area contributed by atoms with E-state index in [9.17, 15) is 4.79 Å². The van der Waals surface area contributed by atoms with Crippen molar-refractivity contribution in [1.29, 1.82) is 0 Å². The lowest BCUT2D eigenvalue weighted by molar-refractivity contribution is -0.142. The molecule has 1 saturated heterocycles. The number of carbonyl (C=O) groups is 1. The molecule has 0 aromatic carbocycles. The average Bonchev–Trinajstić information content (AvgIpc) is 2.66. The van der Waals surface area contributed by atoms with E-state index in [4.69, 9.17) is 13.0 Å². The van der Waals surface area contributed by atoms with E-state index >= 15 is 0 Å². The summed E-state index contributed by atoms with van der Waals surface area (Å²) in [4.78, 5) is 11.2. The van der Waals surface area contributed by atoms with E-state index in [0.29, 0.717) is 6.42 Å². The molecule has 14 heavy (non-hydrogen) atoms. The van der Waals surface area contributed by atoms with Crippen LogP contribution >= 0.6 is 0 Å². The van der Waals surface area contributed by atoms with Crippen LogP contribution in [0.3, 0.4) is 0 Å². The molecule has 78 valence electrons. The Morgan fingerprint density at radius 3 is 2.86 bits per heavy atom. The normalized spacial score (nSPS) is 25.9. The molecule has 1 aliphatic heterocycles. The van der Waals surface area contributed by atoms with Gasteiger partial charge in [-0.2, -0.15) is 0 Å². The highest BCUT2D eigenvalue weighted by atomic mass is 16.4. The Bertz CT molecular complexity index is 204. The zero-order valence-electron chi connectivity index (χ0n) is 8.75. The molecule has 2 N–H and O–H groups in total. The summed E-state index contributed by atoms with van der Waals surface area (Å²) in [6.45, 7) is 3.69. The summed E-state index contributed by atoms with van der Waals surface area (Å²) in [6.07, 6.45) is 3.35. The van der Waals surface area contributed by atoms with Crippen molar-refractivity contribution < 1.29 is 9.90 Å². The van der Waals surface area contributed by atoms with Crippen LogP contribution in [0.25, 0.3) is 0 Å². The van der Waals surface area contributed by atoms with Gasteiger partial charge in [-0.15, -0.1) is 0 Å². The summed E-state index contributed by atoms with van der Waals surface area (Å²) in [7, 11) is 5.99. The van der Waals surface area contributed by atoms with E-state index < -0.39 is 11.3 Å². The van der Waals surface area contributed by atoms with E-state index in [1.54, 1.807) is 0 Å². The van der Waals surface area contributed by atoms with Gasteiger partial charge in [0.05, 0.1) is 7.85 Å². The highest BCUT2D eigenvalue weighted by Crippen LogP contribution is 2.41. The maximum absolute atomic E-state index is 11.2. The molecule has 4 heteroatoms. The molecule has 0 saturated carbocycles. The number of unbranched alkanes of at least 4 members (excludes halogenated alkanes) is 1. The van der Waals surface area contributed by atoms with E-state index in [1.165, 1.54) is 0 Å². The summed E-state index contributed by atoms with van der Waals surface area (Å²) >= 11 is 0. The predicted molar refractivity (Wildman–Crippen MR) is 56.6 cm³/mol. The third kappa shape index (κ3) is 2.29. The van der Waals surface area contributed by atoms with Gasteiger partial charge in [-0.3, -0.25) is 4.79 Å². The van der Waals surface area contributed by atoms with Crippen molar-refractivity contribution in [3.63, 3.8) is 0 Å². The van der Waals surface area contributed by atoms with Crippen molar-refractivity contribution in [2.75, 3.05) is 13.1 Å². The summed E-state index contributed by atoms with van der Waals surface area (Å²) in [5.41, 5.74) is 0. The Balaban J connectivity index is 2.64. The molecule has 0 bridgehead atoms. The average molecular weight is 195 g/mol. The highest BCUT2D eigenvalue weighted by Gasteiger charge is 2.41. The Morgan fingerprint density at radius 2 is 2.43 bits per heavy atom. The number of aliphatic carboxylic acids is 1. The van der Waals surface area contributed by atoms with Gasteiger partial charge < -0.3 is 10.4 Å². The maximum Gasteiger partial charge on any atom is 0.300 e. The fraction of sp³-hybridized carbons (Fsp3) is 0.900. The van der Waals surface area contributed by atoms with Crippen molar-refractivity contribution in [2.24, 2.45) is 5.92 Å². The lowest BCUT2D eigenvalue weighted by atomic mass is 9.57. The third-order valence-electron chi connectivity index (χ3n) is 3.13. The van der Waals surface area contributed by atoms with Gasteiger partial charge in [0, 0.05) is 5.31 Å². The molecule has 2 radical (unpaired) electrons. The van der Waals surface area contributed by atoms with Crippen LogP contribution in [0.4, 0.5) is 0 Å². The molecule has 1 rings (SSSR count). The monoisotopic (exact) mass is 195 g/mol. The Morgan fingerprint density at radius 1 is 1.71 bits per heavy atom. The zero-order valence-corrected chi connectivity index (χ0v) is 8.75. The first-order valence-corrected chi connectivity index (χ1v) is 5.34. The molecule has 1 aliphatic rings. The van der Waals surface area contributed by atoms with Crippen LogP contribution in [-0.2, 0) is 4.79 Å². The van der Waals surface area contributed by atoms with Gasteiger partial charge in [-0.05, 0) is 31.8 Å². The highest BCUT2D eigenvalue weighted by molar-refractivity contribution is 6.27. The molecule has 0 aromatic rings. The fourth-order valence-corrected chi connectivity index (χ4v) is 2.05. The van der Waals surface area contributed by atoms with Crippen LogP contribution in [0.5, 0.6) is 0 Å². The Kier molecular flexibility index (Phi) is 3.99. The van der Waals surface area contributed by atoms with Gasteiger partial charge in [0.15, 0.2) is 0 Å². The standard InChI is InChI=1S/C10H18BNO2/c1-2-3-5-10(11,9(13)14)8-4-6-12-7-8/h8,12H,2-7H2,1H3,(H,13,14). The first kappa shape index (κ1) is 11.6. The van der Waals surface area contributed by atoms with Crippen LogP contribution in [0.2, 0.25) is 5.31 Å². The summed E-state index contributed by atoms with van der Waals surface area (Å²) in [5.74, 6) is -0.758. The van der Waals surface area contributed by atoms with Gasteiger partial charge in [-0.25, -0.2) is 0 Å². The van der Waals surface area contributed by atoms with Crippen molar-refractivity contribution in [2.45, 2.75) is 37.9 Å². The van der Waals surface area contributed by atoms with Gasteiger partial charge in [0.1, 0.15) is 0 Å². The van der Waals surface area contributed by atoms with Gasteiger partial charge in [-0.1, -0.05) is 19.8 Å². The molecule has 0 aromatic heterocycles. The molecule has 1 heterocycles. The molecule has 1 fully saturated rings. The molecule has 0 aliphatic carbocycles. The molecule has 0 amide bonds. The fourth-order valence-electron chi connectivity index (χ4n) is 2.05. The second-order valence-corrected chi connectivity index (χ2v) is 4.14. The first-order chi connectivity index (χ1) is 6.61. The van der Waals surface area contributed by atoms with Crippen LogP contribution < -0.4 is 5.32 Å². The van der Waals surface area contributed by atoms with Crippen LogP contribution in [0, 0.1) is 5.92 Å². The molecule has 2 atom stereocenters. The van der Waals surface area contributed by atoms with E-state index in [1.807, 2.05) is 0 Å². The second kappa shape index (κ2) is 4.83. The minimum Gasteiger partial charge on any atom is -0.481 e. The zero-order chi connectivity index (χ0) is 10.6. The maximum atomic E-state index is 11.2. The first-order valence-electron chi connectivity index (χ1n) is 5.34. The summed E-state index contributed by atoms with van der Waals surface area (Å²) < 4.78 is 0. The predicted octanol–water partition coefficient (Wildman–Crippen LogP) is 1.20. The van der Waals surface area contributed by atoms with Crippen molar-refractivity contribution in [1.82, 2.24) is 5.32 Å². The van der Waals surface area contributed by atoms with Gasteiger partial charge in [0.2, 0.25) is 0 Å². The van der Waals surface area contributed by atoms with Crippen LogP contribution in [0.1, 0.15) is 32.6 Å². The molecular weight excluding hydrogens is 177 g/mol. The molecule has 3 nitrogen and oxygen atoms in total. The minimum absolute atomic E-state index is 0.0894. The van der Waals surface area contributed by atoms with E-state index in [2.05, 4.69) is 12.2 Å². The van der Waals surface area contributed by atoms with Gasteiger partial charge in [0.25, 0.3) is 0 Å². The van der Waals surface area contributed by atoms with Crippen molar-refractivity contribution >= 4 is 13.8 Å². The molecule has 2 unspecified atom stereocenters. The number of carboxylic acid groups (broad SMARTS) is 1. The Hall–Kier alpha value is -0.505. The van der Waals surface area contributed by atoms with Crippen LogP contribution in [0.15, 0.2) is 0 Å². The molecule has 0 spiro atoms. The van der Waals surface area contributed by atoms with Crippen LogP contribution in [-0.4, -0.2) is 32.0 Å². The second-order valence-electron chi connectivity index (χ2n) is 4.14. The minimum atomic E-state index is -1.01. The van der Waals surface area contributed by atoms with E-state index in [-0.39, 0.29) is 5.92 Å². The third-order valence-corrected chi connectivity index (χ3v) is 3.13. The van der Waals surface area contributed by atoms with Crippen molar-refractivity contribution in [3.8, 4) is 0 Å². The SMILES string of the molecule is [B]C(CCCC)(C(=O)O)C1CCNC1. The number of rotatable bonds is 5. The Labute approximate surface area is 86.7 Å². The topological polar surface area (TPSA) is 49.3 Å². The quantitative estimate of drug-likeness (QED) is 0.648. The lowest BCUT2D eigenvalue weighted by Crippen LogP contribution is -2.33. The summed E-state index contributed by atoms with van der Waals surface area (Å²) in [5, 5.41) is 11.3.